The molecule has 0 saturated carbocycles. The van der Waals surface area contributed by atoms with Gasteiger partial charge < -0.3 is 9.80 Å². The van der Waals surface area contributed by atoms with E-state index in [0.29, 0.717) is 13.1 Å². The van der Waals surface area contributed by atoms with E-state index in [0.717, 1.165) is 16.2 Å². The van der Waals surface area contributed by atoms with Crippen molar-refractivity contribution in [1.29, 1.82) is 0 Å². The van der Waals surface area contributed by atoms with E-state index in [4.69, 9.17) is 0 Å². The Morgan fingerprint density at radius 1 is 1.22 bits per heavy atom. The number of rotatable bonds is 5. The van der Waals surface area contributed by atoms with Gasteiger partial charge in [-0.2, -0.15) is 0 Å². The summed E-state index contributed by atoms with van der Waals surface area (Å²) in [6.45, 7) is 1.03. The fourth-order valence-corrected chi connectivity index (χ4v) is 2.77. The van der Waals surface area contributed by atoms with Crippen molar-refractivity contribution in [3.63, 3.8) is 0 Å². The lowest BCUT2D eigenvalue weighted by molar-refractivity contribution is -0.136. The summed E-state index contributed by atoms with van der Waals surface area (Å²) < 4.78 is 23.8. The van der Waals surface area contributed by atoms with E-state index in [1.54, 1.807) is 4.90 Å². The molecule has 1 aliphatic heterocycles. The summed E-state index contributed by atoms with van der Waals surface area (Å²) in [7, 11) is -1.87. The van der Waals surface area contributed by atoms with E-state index in [2.05, 4.69) is 0 Å². The normalized spacial score (nSPS) is 16.0. The van der Waals surface area contributed by atoms with Crippen LogP contribution < -0.4 is 4.90 Å². The van der Waals surface area contributed by atoms with Gasteiger partial charge in [-0.15, -0.1) is 0 Å². The number of sulfonamides is 1. The van der Waals surface area contributed by atoms with Gasteiger partial charge in [0.2, 0.25) is 21.8 Å². The van der Waals surface area contributed by atoms with Gasteiger partial charge in [0.15, 0.2) is 0 Å². The van der Waals surface area contributed by atoms with Gasteiger partial charge in [-0.1, -0.05) is 18.2 Å². The summed E-state index contributed by atoms with van der Waals surface area (Å²) in [5, 5.41) is 0. The minimum absolute atomic E-state index is 0.0241. The second-order valence-corrected chi connectivity index (χ2v) is 7.62. The molecule has 1 fully saturated rings. The number of para-hydroxylation sites is 1. The Balaban J connectivity index is 1.90. The van der Waals surface area contributed by atoms with Crippen molar-refractivity contribution in [2.24, 2.45) is 0 Å². The summed E-state index contributed by atoms with van der Waals surface area (Å²) >= 11 is 0. The SMILES string of the molecule is CN(CCC(=O)N1CCN(c2ccccc2)C(=O)C1)S(C)(=O)=O. The average molecular weight is 339 g/mol. The molecule has 23 heavy (non-hydrogen) atoms. The van der Waals surface area contributed by atoms with Crippen LogP contribution in [0.1, 0.15) is 6.42 Å². The molecule has 0 atom stereocenters. The van der Waals surface area contributed by atoms with Crippen molar-refractivity contribution in [3.05, 3.63) is 30.3 Å². The first-order valence-corrected chi connectivity index (χ1v) is 9.18. The number of piperazine rings is 1. The molecule has 1 aliphatic rings. The van der Waals surface area contributed by atoms with Crippen molar-refractivity contribution < 1.29 is 18.0 Å². The number of hydrogen-bond donors (Lipinski definition) is 0. The predicted octanol–water partition coefficient (Wildman–Crippen LogP) is 0.143. The molecule has 2 rings (SSSR count). The first-order chi connectivity index (χ1) is 10.8. The molecule has 0 unspecified atom stereocenters. The van der Waals surface area contributed by atoms with Crippen LogP contribution in [0.3, 0.4) is 0 Å². The summed E-state index contributed by atoms with van der Waals surface area (Å²) in [6.07, 6.45) is 1.17. The largest absolute Gasteiger partial charge is 0.332 e. The molecule has 0 aliphatic carbocycles. The van der Waals surface area contributed by atoms with E-state index < -0.39 is 10.0 Å². The molecule has 0 aromatic heterocycles. The highest BCUT2D eigenvalue weighted by Crippen LogP contribution is 2.17. The summed E-state index contributed by atoms with van der Waals surface area (Å²) in [6, 6.07) is 9.32. The van der Waals surface area contributed by atoms with Crippen LogP contribution in [0.2, 0.25) is 0 Å². The van der Waals surface area contributed by atoms with Crippen LogP contribution in [0.15, 0.2) is 30.3 Å². The third-order valence-electron chi connectivity index (χ3n) is 3.85. The van der Waals surface area contributed by atoms with Crippen molar-refractivity contribution >= 4 is 27.5 Å². The molecule has 0 spiro atoms. The first kappa shape index (κ1) is 17.4. The number of benzene rings is 1. The number of carbonyl (C=O) groups excluding carboxylic acids is 2. The molecular weight excluding hydrogens is 318 g/mol. The van der Waals surface area contributed by atoms with Crippen LogP contribution in [0.5, 0.6) is 0 Å². The monoisotopic (exact) mass is 339 g/mol. The smallest absolute Gasteiger partial charge is 0.246 e. The van der Waals surface area contributed by atoms with Gasteiger partial charge in [-0.3, -0.25) is 9.59 Å². The van der Waals surface area contributed by atoms with Gasteiger partial charge in [0.05, 0.1) is 6.26 Å². The van der Waals surface area contributed by atoms with E-state index >= 15 is 0 Å². The van der Waals surface area contributed by atoms with Crippen molar-refractivity contribution in [2.45, 2.75) is 6.42 Å². The van der Waals surface area contributed by atoms with Gasteiger partial charge in [0.1, 0.15) is 6.54 Å². The van der Waals surface area contributed by atoms with Crippen LogP contribution in [-0.4, -0.2) is 68.9 Å². The lowest BCUT2D eigenvalue weighted by Crippen LogP contribution is -2.52. The number of anilines is 1. The Morgan fingerprint density at radius 3 is 2.43 bits per heavy atom. The standard InChI is InChI=1S/C15H21N3O4S/c1-16(23(2,21)22)9-8-14(19)17-10-11-18(15(20)12-17)13-6-4-3-5-7-13/h3-7H,8-12H2,1-2H3. The molecule has 0 N–H and O–H groups in total. The third kappa shape index (κ3) is 4.52. The Kier molecular flexibility index (Phi) is 5.38. The maximum Gasteiger partial charge on any atom is 0.246 e. The van der Waals surface area contributed by atoms with Crippen LogP contribution in [-0.2, 0) is 19.6 Å². The average Bonchev–Trinajstić information content (AvgIpc) is 2.52. The Morgan fingerprint density at radius 2 is 1.87 bits per heavy atom. The van der Waals surface area contributed by atoms with Crippen molar-refractivity contribution in [1.82, 2.24) is 9.21 Å². The number of hydrogen-bond acceptors (Lipinski definition) is 4. The lowest BCUT2D eigenvalue weighted by Gasteiger charge is -2.34. The maximum atomic E-state index is 12.2. The Bertz CT molecular complexity index is 675. The highest BCUT2D eigenvalue weighted by Gasteiger charge is 2.28. The lowest BCUT2D eigenvalue weighted by atomic mass is 10.2. The van der Waals surface area contributed by atoms with Crippen LogP contribution >= 0.6 is 0 Å². The highest BCUT2D eigenvalue weighted by atomic mass is 32.2. The van der Waals surface area contributed by atoms with E-state index in [-0.39, 0.29) is 31.3 Å². The minimum atomic E-state index is -3.30. The summed E-state index contributed by atoms with van der Waals surface area (Å²) in [5.41, 5.74) is 0.821. The second-order valence-electron chi connectivity index (χ2n) is 5.53. The molecule has 7 nitrogen and oxygen atoms in total. The number of carbonyl (C=O) groups is 2. The third-order valence-corrected chi connectivity index (χ3v) is 5.16. The van der Waals surface area contributed by atoms with E-state index in [1.165, 1.54) is 11.9 Å². The van der Waals surface area contributed by atoms with Crippen molar-refractivity contribution in [2.75, 3.05) is 44.4 Å². The van der Waals surface area contributed by atoms with Crippen LogP contribution in [0.4, 0.5) is 5.69 Å². The van der Waals surface area contributed by atoms with Gasteiger partial charge >= 0.3 is 0 Å². The quantitative estimate of drug-likeness (QED) is 0.765. The Hall–Kier alpha value is -1.93. The number of amides is 2. The fourth-order valence-electron chi connectivity index (χ4n) is 2.34. The molecule has 1 heterocycles. The van der Waals surface area contributed by atoms with Gasteiger partial charge in [0.25, 0.3) is 0 Å². The molecular formula is C15H21N3O4S. The molecule has 1 aromatic rings. The summed E-state index contributed by atoms with van der Waals surface area (Å²) in [4.78, 5) is 27.5. The first-order valence-electron chi connectivity index (χ1n) is 7.33. The molecule has 1 saturated heterocycles. The highest BCUT2D eigenvalue weighted by molar-refractivity contribution is 7.88. The van der Waals surface area contributed by atoms with Crippen LogP contribution in [0.25, 0.3) is 0 Å². The molecule has 0 bridgehead atoms. The summed E-state index contributed by atoms with van der Waals surface area (Å²) in [5.74, 6) is -0.339. The maximum absolute atomic E-state index is 12.2. The minimum Gasteiger partial charge on any atom is -0.332 e. The second kappa shape index (κ2) is 7.10. The molecule has 1 aromatic carbocycles. The van der Waals surface area contributed by atoms with E-state index in [9.17, 15) is 18.0 Å². The topological polar surface area (TPSA) is 78.0 Å². The van der Waals surface area contributed by atoms with Crippen molar-refractivity contribution in [3.8, 4) is 0 Å². The zero-order valence-electron chi connectivity index (χ0n) is 13.3. The van der Waals surface area contributed by atoms with E-state index in [1.807, 2.05) is 30.3 Å². The molecule has 0 radical (unpaired) electrons. The van der Waals surface area contributed by atoms with Gasteiger partial charge in [0, 0.05) is 38.8 Å². The van der Waals surface area contributed by atoms with Gasteiger partial charge in [-0.05, 0) is 12.1 Å². The van der Waals surface area contributed by atoms with Crippen LogP contribution in [0, 0.1) is 0 Å². The Labute approximate surface area is 136 Å². The zero-order chi connectivity index (χ0) is 17.0. The fraction of sp³-hybridized carbons (Fsp3) is 0.467. The predicted molar refractivity (Wildman–Crippen MR) is 87.5 cm³/mol. The zero-order valence-corrected chi connectivity index (χ0v) is 14.1. The van der Waals surface area contributed by atoms with Gasteiger partial charge in [-0.25, -0.2) is 12.7 Å². The molecule has 8 heteroatoms. The molecule has 2 amide bonds. The number of nitrogens with zero attached hydrogens (tertiary/aromatic N) is 3. The molecule has 126 valence electrons.